The number of aromatic nitrogens is 1. The van der Waals surface area contributed by atoms with Crippen LogP contribution in [0.3, 0.4) is 0 Å². The number of halogens is 4. The second-order valence-corrected chi connectivity index (χ2v) is 5.94. The molecule has 0 bridgehead atoms. The Labute approximate surface area is 134 Å². The van der Waals surface area contributed by atoms with Crippen LogP contribution in [0, 0.1) is 5.82 Å². The summed E-state index contributed by atoms with van der Waals surface area (Å²) >= 11 is 15.1. The van der Waals surface area contributed by atoms with E-state index in [-0.39, 0.29) is 5.82 Å². The maximum absolute atomic E-state index is 13.9. The van der Waals surface area contributed by atoms with Crippen LogP contribution in [-0.4, -0.2) is 4.98 Å². The Bertz CT molecular complexity index is 625. The fraction of sp³-hybridized carbons (Fsp3) is 0.154. The number of nitrogens with one attached hydrogen (secondary N) is 1. The molecule has 3 N–H and O–H groups in total. The highest BCUT2D eigenvalue weighted by atomic mass is 79.9. The molecule has 3 nitrogen and oxygen atoms in total. The second-order valence-electron chi connectivity index (χ2n) is 4.18. The average Bonchev–Trinajstić information content (AvgIpc) is 2.39. The lowest BCUT2D eigenvalue weighted by Gasteiger charge is -2.17. The quantitative estimate of drug-likeness (QED) is 0.623. The van der Waals surface area contributed by atoms with Gasteiger partial charge in [0.05, 0.1) is 21.8 Å². The van der Waals surface area contributed by atoms with Crippen LogP contribution in [0.4, 0.5) is 4.39 Å². The van der Waals surface area contributed by atoms with Gasteiger partial charge in [-0.15, -0.1) is 0 Å². The topological polar surface area (TPSA) is 50.9 Å². The Kier molecular flexibility index (Phi) is 5.35. The number of hydrogen-bond donors (Lipinski definition) is 2. The van der Waals surface area contributed by atoms with E-state index >= 15 is 0 Å². The molecule has 0 saturated heterocycles. The van der Waals surface area contributed by atoms with Crippen molar-refractivity contribution in [2.45, 2.75) is 12.5 Å². The van der Waals surface area contributed by atoms with Crippen molar-refractivity contribution in [3.8, 4) is 0 Å². The molecule has 106 valence electrons. The number of nitrogens with two attached hydrogens (primary N) is 1. The predicted molar refractivity (Wildman–Crippen MR) is 82.1 cm³/mol. The van der Waals surface area contributed by atoms with Crippen molar-refractivity contribution in [3.63, 3.8) is 0 Å². The maximum Gasteiger partial charge on any atom is 0.127 e. The Morgan fingerprint density at radius 2 is 2.10 bits per heavy atom. The molecule has 0 radical (unpaired) electrons. The van der Waals surface area contributed by atoms with Crippen LogP contribution in [0.25, 0.3) is 0 Å². The number of benzene rings is 1. The number of hydrazine groups is 1. The summed E-state index contributed by atoms with van der Waals surface area (Å²) < 4.78 is 14.5. The molecule has 2 rings (SSSR count). The zero-order valence-corrected chi connectivity index (χ0v) is 13.3. The van der Waals surface area contributed by atoms with Crippen molar-refractivity contribution in [3.05, 3.63) is 62.1 Å². The van der Waals surface area contributed by atoms with Gasteiger partial charge in [-0.1, -0.05) is 45.2 Å². The first-order valence-corrected chi connectivity index (χ1v) is 7.27. The molecule has 2 aromatic rings. The molecule has 1 unspecified atom stereocenters. The first-order valence-electron chi connectivity index (χ1n) is 5.72. The third-order valence-corrected chi connectivity index (χ3v) is 3.81. The third kappa shape index (κ3) is 3.68. The van der Waals surface area contributed by atoms with E-state index in [9.17, 15) is 4.39 Å². The van der Waals surface area contributed by atoms with E-state index in [1.807, 2.05) is 0 Å². The lowest BCUT2D eigenvalue weighted by molar-refractivity contribution is 0.519. The van der Waals surface area contributed by atoms with E-state index in [2.05, 4.69) is 26.3 Å². The molecule has 1 aromatic carbocycles. The summed E-state index contributed by atoms with van der Waals surface area (Å²) in [5, 5.41) is 0.822. The molecular formula is C13H11BrCl2FN3. The van der Waals surface area contributed by atoms with E-state index in [0.717, 1.165) is 0 Å². The number of nitrogens with zero attached hydrogens (tertiary/aromatic N) is 1. The standard InChI is InChI=1S/C13H11BrCl2FN3/c14-8-2-1-7(11(17)4-8)3-12(20-18)13-10(16)5-9(15)6-19-13/h1-2,4-6,12,20H,3,18H2. The highest BCUT2D eigenvalue weighted by Crippen LogP contribution is 2.27. The molecule has 20 heavy (non-hydrogen) atoms. The summed E-state index contributed by atoms with van der Waals surface area (Å²) in [4.78, 5) is 4.15. The summed E-state index contributed by atoms with van der Waals surface area (Å²) in [6, 6.07) is 6.03. The van der Waals surface area contributed by atoms with Crippen molar-refractivity contribution in [2.75, 3.05) is 0 Å². The lowest BCUT2D eigenvalue weighted by atomic mass is 10.0. The minimum Gasteiger partial charge on any atom is -0.271 e. The summed E-state index contributed by atoms with van der Waals surface area (Å²) in [6.07, 6.45) is 1.80. The second kappa shape index (κ2) is 6.83. The van der Waals surface area contributed by atoms with Crippen LogP contribution in [-0.2, 0) is 6.42 Å². The van der Waals surface area contributed by atoms with E-state index in [1.54, 1.807) is 18.2 Å². The highest BCUT2D eigenvalue weighted by molar-refractivity contribution is 9.10. The average molecular weight is 379 g/mol. The molecule has 0 amide bonds. The van der Waals surface area contributed by atoms with Gasteiger partial charge in [-0.2, -0.15) is 0 Å². The van der Waals surface area contributed by atoms with E-state index in [1.165, 1.54) is 12.3 Å². The van der Waals surface area contributed by atoms with Gasteiger partial charge >= 0.3 is 0 Å². The summed E-state index contributed by atoms with van der Waals surface area (Å²) in [6.45, 7) is 0. The fourth-order valence-electron chi connectivity index (χ4n) is 1.82. The van der Waals surface area contributed by atoms with Gasteiger partial charge in [0, 0.05) is 10.7 Å². The van der Waals surface area contributed by atoms with Crippen LogP contribution in [0.1, 0.15) is 17.3 Å². The van der Waals surface area contributed by atoms with Crippen molar-refractivity contribution in [2.24, 2.45) is 5.84 Å². The smallest absolute Gasteiger partial charge is 0.127 e. The lowest BCUT2D eigenvalue weighted by Crippen LogP contribution is -2.30. The Morgan fingerprint density at radius 3 is 2.70 bits per heavy atom. The van der Waals surface area contributed by atoms with Crippen LogP contribution >= 0.6 is 39.1 Å². The van der Waals surface area contributed by atoms with Gasteiger partial charge < -0.3 is 0 Å². The largest absolute Gasteiger partial charge is 0.271 e. The molecule has 0 aliphatic rings. The van der Waals surface area contributed by atoms with Crippen molar-refractivity contribution in [1.29, 1.82) is 0 Å². The minimum atomic E-state index is -0.407. The zero-order valence-electron chi connectivity index (χ0n) is 10.2. The summed E-state index contributed by atoms with van der Waals surface area (Å²) in [5.74, 6) is 5.21. The maximum atomic E-state index is 13.9. The van der Waals surface area contributed by atoms with Gasteiger partial charge in [-0.05, 0) is 30.2 Å². The SMILES string of the molecule is NNC(Cc1ccc(Br)cc1F)c1ncc(Cl)cc1Cl. The van der Waals surface area contributed by atoms with Gasteiger partial charge in [0.25, 0.3) is 0 Å². The number of rotatable bonds is 4. The molecule has 0 fully saturated rings. The Balaban J connectivity index is 2.28. The molecule has 0 aliphatic carbocycles. The third-order valence-electron chi connectivity index (χ3n) is 2.81. The molecule has 0 saturated carbocycles. The zero-order chi connectivity index (χ0) is 14.7. The molecule has 1 heterocycles. The van der Waals surface area contributed by atoms with Crippen LogP contribution in [0.15, 0.2) is 34.9 Å². The summed E-state index contributed by atoms with van der Waals surface area (Å²) in [5.41, 5.74) is 3.65. The first kappa shape index (κ1) is 15.7. The number of hydrogen-bond acceptors (Lipinski definition) is 3. The first-order chi connectivity index (χ1) is 9.51. The Morgan fingerprint density at radius 1 is 1.35 bits per heavy atom. The molecule has 7 heteroatoms. The molecule has 0 aliphatic heterocycles. The van der Waals surface area contributed by atoms with Crippen molar-refractivity contribution < 1.29 is 4.39 Å². The Hall–Kier alpha value is -0.720. The van der Waals surface area contributed by atoms with Crippen LogP contribution < -0.4 is 11.3 Å². The highest BCUT2D eigenvalue weighted by Gasteiger charge is 2.18. The molecule has 1 atom stereocenters. The monoisotopic (exact) mass is 377 g/mol. The number of pyridine rings is 1. The fourth-order valence-corrected chi connectivity index (χ4v) is 2.67. The molecule has 1 aromatic heterocycles. The summed E-state index contributed by atoms with van der Waals surface area (Å²) in [7, 11) is 0. The normalized spacial score (nSPS) is 12.4. The van der Waals surface area contributed by atoms with Crippen molar-refractivity contribution >= 4 is 39.1 Å². The van der Waals surface area contributed by atoms with Gasteiger partial charge in [0.1, 0.15) is 5.82 Å². The van der Waals surface area contributed by atoms with E-state index < -0.39 is 6.04 Å². The van der Waals surface area contributed by atoms with Gasteiger partial charge in [0.2, 0.25) is 0 Å². The van der Waals surface area contributed by atoms with Gasteiger partial charge in [-0.25, -0.2) is 4.39 Å². The molecular weight excluding hydrogens is 368 g/mol. The van der Waals surface area contributed by atoms with Gasteiger partial charge in [0.15, 0.2) is 0 Å². The van der Waals surface area contributed by atoms with E-state index in [4.69, 9.17) is 29.0 Å². The van der Waals surface area contributed by atoms with Crippen molar-refractivity contribution in [1.82, 2.24) is 10.4 Å². The van der Waals surface area contributed by atoms with Crippen LogP contribution in [0.2, 0.25) is 10.0 Å². The van der Waals surface area contributed by atoms with E-state index in [0.29, 0.717) is 32.2 Å². The molecule has 0 spiro atoms. The van der Waals surface area contributed by atoms with Crippen LogP contribution in [0.5, 0.6) is 0 Å². The van der Waals surface area contributed by atoms with Gasteiger partial charge in [-0.3, -0.25) is 16.3 Å². The predicted octanol–water partition coefficient (Wildman–Crippen LogP) is 4.04. The minimum absolute atomic E-state index is 0.315.